The molecule has 0 saturated heterocycles. The summed E-state index contributed by atoms with van der Waals surface area (Å²) in [5.74, 6) is -3.46. The van der Waals surface area contributed by atoms with Crippen LogP contribution in [0.5, 0.6) is 0 Å². The molecule has 0 atom stereocenters. The van der Waals surface area contributed by atoms with Crippen LogP contribution < -0.4 is 0 Å². The van der Waals surface area contributed by atoms with Crippen molar-refractivity contribution in [3.63, 3.8) is 0 Å². The zero-order chi connectivity index (χ0) is 22.9. The fourth-order valence-electron chi connectivity index (χ4n) is 2.64. The number of hydrogen-bond donors (Lipinski definition) is 3. The minimum absolute atomic E-state index is 0.0556. The van der Waals surface area contributed by atoms with Crippen molar-refractivity contribution in [2.24, 2.45) is 0 Å². The van der Waals surface area contributed by atoms with Crippen LogP contribution in [0.4, 0.5) is 8.78 Å². The van der Waals surface area contributed by atoms with Gasteiger partial charge in [0.15, 0.2) is 0 Å². The first kappa shape index (κ1) is 23.5. The third kappa shape index (κ3) is 7.54. The van der Waals surface area contributed by atoms with Crippen LogP contribution in [0.3, 0.4) is 0 Å². The molecule has 0 amide bonds. The lowest BCUT2D eigenvalue weighted by atomic mass is 9.93. The highest BCUT2D eigenvalue weighted by Gasteiger charge is 2.34. The molecule has 0 radical (unpaired) electrons. The van der Waals surface area contributed by atoms with Gasteiger partial charge in [0.25, 0.3) is 0 Å². The zero-order valence-electron chi connectivity index (χ0n) is 16.2. The number of rotatable bonds is 9. The van der Waals surface area contributed by atoms with E-state index >= 15 is 0 Å². The molecule has 0 bridgehead atoms. The molecule has 2 heterocycles. The van der Waals surface area contributed by atoms with Gasteiger partial charge in [0.1, 0.15) is 42.5 Å². The van der Waals surface area contributed by atoms with Crippen molar-refractivity contribution >= 4 is 11.9 Å². The molecule has 0 saturated carbocycles. The molecule has 13 heteroatoms. The van der Waals surface area contributed by atoms with Gasteiger partial charge in [-0.25, -0.2) is 28.1 Å². The summed E-state index contributed by atoms with van der Waals surface area (Å²) in [5, 5.41) is 34.8. The molecule has 0 fully saturated rings. The molecule has 3 N–H and O–H groups in total. The van der Waals surface area contributed by atoms with Gasteiger partial charge in [-0.05, 0) is 12.5 Å². The Bertz CT molecular complexity index is 931. The predicted molar refractivity (Wildman–Crippen MR) is 99.4 cm³/mol. The van der Waals surface area contributed by atoms with E-state index in [1.54, 1.807) is 0 Å². The molecule has 1 aromatic carbocycles. The van der Waals surface area contributed by atoms with E-state index in [0.717, 1.165) is 12.1 Å². The van der Waals surface area contributed by atoms with Crippen LogP contribution in [0.15, 0.2) is 43.5 Å². The van der Waals surface area contributed by atoms with Gasteiger partial charge in [-0.15, -0.1) is 0 Å². The minimum atomic E-state index is -1.70. The molecule has 11 nitrogen and oxygen atoms in total. The number of hydrogen-bond acceptors (Lipinski definition) is 7. The first-order valence-electron chi connectivity index (χ1n) is 8.96. The summed E-state index contributed by atoms with van der Waals surface area (Å²) in [6.45, 7) is -0.148. The van der Waals surface area contributed by atoms with Crippen LogP contribution in [0.25, 0.3) is 0 Å². The summed E-state index contributed by atoms with van der Waals surface area (Å²) in [7, 11) is 0. The van der Waals surface area contributed by atoms with Crippen molar-refractivity contribution in [2.75, 3.05) is 0 Å². The van der Waals surface area contributed by atoms with Crippen LogP contribution in [0.1, 0.15) is 24.8 Å². The molecular formula is C18H20F2N6O5. The molecule has 0 spiro atoms. The smallest absolute Gasteiger partial charge is 0.303 e. The van der Waals surface area contributed by atoms with Gasteiger partial charge < -0.3 is 15.3 Å². The lowest BCUT2D eigenvalue weighted by Crippen LogP contribution is -2.37. The van der Waals surface area contributed by atoms with Crippen LogP contribution in [-0.4, -0.2) is 56.8 Å². The maximum absolute atomic E-state index is 14.1. The van der Waals surface area contributed by atoms with E-state index in [1.807, 2.05) is 0 Å². The van der Waals surface area contributed by atoms with Crippen molar-refractivity contribution in [3.05, 3.63) is 60.7 Å². The van der Waals surface area contributed by atoms with Crippen molar-refractivity contribution in [1.82, 2.24) is 29.5 Å². The second-order valence-corrected chi connectivity index (χ2v) is 6.48. The van der Waals surface area contributed by atoms with Crippen LogP contribution in [0, 0.1) is 11.6 Å². The Morgan fingerprint density at radius 3 is 1.84 bits per heavy atom. The number of halogens is 2. The highest BCUT2D eigenvalue weighted by atomic mass is 19.1. The highest BCUT2D eigenvalue weighted by Crippen LogP contribution is 2.28. The van der Waals surface area contributed by atoms with Gasteiger partial charge in [0.05, 0.1) is 13.1 Å². The van der Waals surface area contributed by atoms with Crippen LogP contribution in [-0.2, 0) is 28.3 Å². The summed E-state index contributed by atoms with van der Waals surface area (Å²) in [4.78, 5) is 27.1. The van der Waals surface area contributed by atoms with E-state index in [0.29, 0.717) is 0 Å². The van der Waals surface area contributed by atoms with Gasteiger partial charge in [-0.3, -0.25) is 9.59 Å². The summed E-state index contributed by atoms with van der Waals surface area (Å²) in [5.41, 5.74) is -1.75. The number of aliphatic hydroxyl groups is 1. The third-order valence-corrected chi connectivity index (χ3v) is 3.99. The highest BCUT2D eigenvalue weighted by molar-refractivity contribution is 5.69. The molecule has 0 aliphatic carbocycles. The SMILES string of the molecule is O=C(O)CCCC(=O)O.OC(Cn1cncn1)(Cn1cncn1)c1ccc(F)cc1F. The quantitative estimate of drug-likeness (QED) is 0.444. The van der Waals surface area contributed by atoms with Crippen molar-refractivity contribution in [2.45, 2.75) is 38.0 Å². The second kappa shape index (κ2) is 10.9. The first-order chi connectivity index (χ1) is 14.7. The lowest BCUT2D eigenvalue weighted by Gasteiger charge is -2.28. The Balaban J connectivity index is 0.000000323. The Labute approximate surface area is 174 Å². The number of aliphatic carboxylic acids is 2. The predicted octanol–water partition coefficient (Wildman–Crippen LogP) is 1.06. The van der Waals surface area contributed by atoms with E-state index in [2.05, 4.69) is 20.2 Å². The Hall–Kier alpha value is -3.74. The molecule has 3 aromatic rings. The molecule has 0 unspecified atom stereocenters. The van der Waals surface area contributed by atoms with Gasteiger partial charge in [0.2, 0.25) is 0 Å². The van der Waals surface area contributed by atoms with E-state index in [9.17, 15) is 23.5 Å². The average Bonchev–Trinajstić information content (AvgIpc) is 3.35. The fraction of sp³-hybridized carbons (Fsp3) is 0.333. The fourth-order valence-corrected chi connectivity index (χ4v) is 2.64. The largest absolute Gasteiger partial charge is 0.481 e. The summed E-state index contributed by atoms with van der Waals surface area (Å²) >= 11 is 0. The number of nitrogens with zero attached hydrogens (tertiary/aromatic N) is 6. The zero-order valence-corrected chi connectivity index (χ0v) is 16.2. The molecule has 0 aliphatic heterocycles. The number of carboxylic acids is 2. The normalized spacial score (nSPS) is 10.9. The molecule has 0 aliphatic rings. The Morgan fingerprint density at radius 2 is 1.45 bits per heavy atom. The molecular weight excluding hydrogens is 418 g/mol. The molecule has 2 aromatic heterocycles. The first-order valence-corrected chi connectivity index (χ1v) is 8.96. The molecule has 31 heavy (non-hydrogen) atoms. The van der Waals surface area contributed by atoms with E-state index in [4.69, 9.17) is 10.2 Å². The maximum atomic E-state index is 14.1. The Morgan fingerprint density at radius 1 is 0.935 bits per heavy atom. The standard InChI is InChI=1S/C13H12F2N6O.C5H8O4/c14-10-1-2-11(12(15)3-10)13(22,4-20-8-16-6-18-20)5-21-9-17-7-19-21;6-4(7)2-1-3-5(8)9/h1-3,6-9,22H,4-5H2;1-3H2,(H,6,7)(H,8,9). The van der Waals surface area contributed by atoms with E-state index in [1.165, 1.54) is 40.7 Å². The lowest BCUT2D eigenvalue weighted by molar-refractivity contribution is -0.138. The summed E-state index contributed by atoms with van der Waals surface area (Å²) in [6.07, 6.45) is 5.48. The van der Waals surface area contributed by atoms with Gasteiger partial charge in [0, 0.05) is 24.5 Å². The number of carboxylic acid groups (broad SMARTS) is 2. The number of carbonyl (C=O) groups is 2. The van der Waals surface area contributed by atoms with E-state index in [-0.39, 0.29) is 37.9 Å². The van der Waals surface area contributed by atoms with E-state index < -0.39 is 29.2 Å². The third-order valence-electron chi connectivity index (χ3n) is 3.99. The summed E-state index contributed by atoms with van der Waals surface area (Å²) in [6, 6.07) is 3.02. The second-order valence-electron chi connectivity index (χ2n) is 6.48. The number of aromatic nitrogens is 6. The van der Waals surface area contributed by atoms with Crippen LogP contribution in [0.2, 0.25) is 0 Å². The summed E-state index contributed by atoms with van der Waals surface area (Å²) < 4.78 is 29.9. The average molecular weight is 438 g/mol. The van der Waals surface area contributed by atoms with Crippen molar-refractivity contribution < 1.29 is 33.7 Å². The topological polar surface area (TPSA) is 156 Å². The molecule has 166 valence electrons. The van der Waals surface area contributed by atoms with Gasteiger partial charge >= 0.3 is 11.9 Å². The maximum Gasteiger partial charge on any atom is 0.303 e. The number of benzene rings is 1. The Kier molecular flexibility index (Phi) is 8.25. The molecule has 3 rings (SSSR count). The minimum Gasteiger partial charge on any atom is -0.481 e. The van der Waals surface area contributed by atoms with Crippen LogP contribution >= 0.6 is 0 Å². The van der Waals surface area contributed by atoms with Crippen molar-refractivity contribution in [1.29, 1.82) is 0 Å². The monoisotopic (exact) mass is 438 g/mol. The van der Waals surface area contributed by atoms with Crippen molar-refractivity contribution in [3.8, 4) is 0 Å². The van der Waals surface area contributed by atoms with Gasteiger partial charge in [-0.1, -0.05) is 6.07 Å². The van der Waals surface area contributed by atoms with Gasteiger partial charge in [-0.2, -0.15) is 10.2 Å².